The number of hydrogen-bond acceptors (Lipinski definition) is 2. The van der Waals surface area contributed by atoms with E-state index in [9.17, 15) is 0 Å². The third kappa shape index (κ3) is 5.38. The normalized spacial score (nSPS) is 22.7. The van der Waals surface area contributed by atoms with Gasteiger partial charge in [0.15, 0.2) is 5.96 Å². The standard InChI is InChI=1S/C17H27N3O/c1-13-12-16(13)20-17(18-3)19-10-7-11-21-14(2)15-8-5-4-6-9-15/h4-6,8-9,13-14,16H,7,10-12H2,1-3H3,(H2,18,19,20). The molecule has 1 fully saturated rings. The van der Waals surface area contributed by atoms with Gasteiger partial charge in [0.25, 0.3) is 0 Å². The van der Waals surface area contributed by atoms with Crippen molar-refractivity contribution in [1.29, 1.82) is 0 Å². The van der Waals surface area contributed by atoms with Crippen LogP contribution in [0.4, 0.5) is 0 Å². The average Bonchev–Trinajstić information content (AvgIpc) is 3.21. The van der Waals surface area contributed by atoms with E-state index in [1.807, 2.05) is 25.2 Å². The first-order chi connectivity index (χ1) is 10.2. The fraction of sp³-hybridized carbons (Fsp3) is 0.588. The summed E-state index contributed by atoms with van der Waals surface area (Å²) in [4.78, 5) is 4.24. The number of guanidine groups is 1. The highest BCUT2D eigenvalue weighted by molar-refractivity contribution is 5.80. The fourth-order valence-corrected chi connectivity index (χ4v) is 2.25. The summed E-state index contributed by atoms with van der Waals surface area (Å²) >= 11 is 0. The Balaban J connectivity index is 1.57. The van der Waals surface area contributed by atoms with Crippen LogP contribution in [0, 0.1) is 5.92 Å². The zero-order valence-corrected chi connectivity index (χ0v) is 13.3. The second-order valence-corrected chi connectivity index (χ2v) is 5.74. The Morgan fingerprint density at radius 2 is 2.10 bits per heavy atom. The summed E-state index contributed by atoms with van der Waals surface area (Å²) in [5, 5.41) is 6.75. The maximum Gasteiger partial charge on any atom is 0.191 e. The highest BCUT2D eigenvalue weighted by atomic mass is 16.5. The first-order valence-corrected chi connectivity index (χ1v) is 7.84. The van der Waals surface area contributed by atoms with Crippen molar-refractivity contribution < 1.29 is 4.74 Å². The third-order valence-corrected chi connectivity index (χ3v) is 3.91. The molecule has 4 heteroatoms. The number of aliphatic imine (C=N–C) groups is 1. The van der Waals surface area contributed by atoms with E-state index in [2.05, 4.69) is 41.6 Å². The molecule has 3 unspecified atom stereocenters. The Morgan fingerprint density at radius 1 is 1.38 bits per heavy atom. The van der Waals surface area contributed by atoms with Crippen LogP contribution in [0.15, 0.2) is 35.3 Å². The maximum atomic E-state index is 5.85. The van der Waals surface area contributed by atoms with Gasteiger partial charge in [0, 0.05) is 26.2 Å². The largest absolute Gasteiger partial charge is 0.374 e. The molecule has 0 amide bonds. The molecule has 0 bridgehead atoms. The van der Waals surface area contributed by atoms with E-state index < -0.39 is 0 Å². The summed E-state index contributed by atoms with van der Waals surface area (Å²) < 4.78 is 5.85. The zero-order chi connectivity index (χ0) is 15.1. The number of hydrogen-bond donors (Lipinski definition) is 2. The molecule has 1 aromatic carbocycles. The van der Waals surface area contributed by atoms with Gasteiger partial charge in [-0.1, -0.05) is 37.3 Å². The second-order valence-electron chi connectivity index (χ2n) is 5.74. The lowest BCUT2D eigenvalue weighted by atomic mass is 10.1. The summed E-state index contributed by atoms with van der Waals surface area (Å²) in [5.74, 6) is 1.68. The molecule has 0 aliphatic heterocycles. The molecule has 116 valence electrons. The van der Waals surface area contributed by atoms with Gasteiger partial charge in [-0.3, -0.25) is 4.99 Å². The molecule has 0 spiro atoms. The highest BCUT2D eigenvalue weighted by Gasteiger charge is 2.33. The first kappa shape index (κ1) is 15.8. The average molecular weight is 289 g/mol. The molecular weight excluding hydrogens is 262 g/mol. The molecule has 0 aromatic heterocycles. The van der Waals surface area contributed by atoms with Gasteiger partial charge in [0.2, 0.25) is 0 Å². The number of benzene rings is 1. The van der Waals surface area contributed by atoms with Crippen LogP contribution < -0.4 is 10.6 Å². The van der Waals surface area contributed by atoms with Gasteiger partial charge in [-0.15, -0.1) is 0 Å². The van der Waals surface area contributed by atoms with Crippen LogP contribution in [0.25, 0.3) is 0 Å². The molecule has 1 aliphatic carbocycles. The van der Waals surface area contributed by atoms with Crippen LogP contribution in [0.1, 0.15) is 38.4 Å². The van der Waals surface area contributed by atoms with Crippen LogP contribution in [-0.4, -0.2) is 32.2 Å². The molecule has 4 nitrogen and oxygen atoms in total. The molecule has 1 aliphatic rings. The minimum atomic E-state index is 0.149. The molecular formula is C17H27N3O. The molecule has 1 aromatic rings. The van der Waals surface area contributed by atoms with Gasteiger partial charge in [0.05, 0.1) is 6.10 Å². The molecule has 1 saturated carbocycles. The number of rotatable bonds is 7. The molecule has 0 heterocycles. The first-order valence-electron chi connectivity index (χ1n) is 7.84. The van der Waals surface area contributed by atoms with E-state index in [1.54, 1.807) is 0 Å². The van der Waals surface area contributed by atoms with Crippen LogP contribution in [-0.2, 0) is 4.74 Å². The van der Waals surface area contributed by atoms with Crippen molar-refractivity contribution in [3.63, 3.8) is 0 Å². The van der Waals surface area contributed by atoms with Crippen LogP contribution in [0.2, 0.25) is 0 Å². The summed E-state index contributed by atoms with van der Waals surface area (Å²) in [5.41, 5.74) is 1.23. The highest BCUT2D eigenvalue weighted by Crippen LogP contribution is 2.28. The monoisotopic (exact) mass is 289 g/mol. The van der Waals surface area contributed by atoms with Gasteiger partial charge in [-0.05, 0) is 31.2 Å². The van der Waals surface area contributed by atoms with E-state index in [1.165, 1.54) is 12.0 Å². The quantitative estimate of drug-likeness (QED) is 0.461. The predicted molar refractivity (Wildman–Crippen MR) is 87.5 cm³/mol. The summed E-state index contributed by atoms with van der Waals surface area (Å²) in [6.45, 7) is 5.98. The number of ether oxygens (including phenoxy) is 1. The fourth-order valence-electron chi connectivity index (χ4n) is 2.25. The molecule has 0 radical (unpaired) electrons. The summed E-state index contributed by atoms with van der Waals surface area (Å²) in [7, 11) is 1.82. The van der Waals surface area contributed by atoms with Crippen molar-refractivity contribution in [3.8, 4) is 0 Å². The van der Waals surface area contributed by atoms with E-state index in [0.717, 1.165) is 31.4 Å². The topological polar surface area (TPSA) is 45.7 Å². The van der Waals surface area contributed by atoms with Gasteiger partial charge >= 0.3 is 0 Å². The molecule has 0 saturated heterocycles. The molecule has 2 N–H and O–H groups in total. The molecule has 3 atom stereocenters. The van der Waals surface area contributed by atoms with Gasteiger partial charge in [0.1, 0.15) is 0 Å². The van der Waals surface area contributed by atoms with Crippen molar-refractivity contribution >= 4 is 5.96 Å². The van der Waals surface area contributed by atoms with Crippen molar-refractivity contribution in [2.24, 2.45) is 10.9 Å². The Labute approximate surface area is 128 Å². The van der Waals surface area contributed by atoms with Gasteiger partial charge < -0.3 is 15.4 Å². The van der Waals surface area contributed by atoms with Gasteiger partial charge in [-0.25, -0.2) is 0 Å². The van der Waals surface area contributed by atoms with Crippen molar-refractivity contribution in [2.75, 3.05) is 20.2 Å². The van der Waals surface area contributed by atoms with E-state index in [4.69, 9.17) is 4.74 Å². The second kappa shape index (κ2) is 8.03. The van der Waals surface area contributed by atoms with E-state index in [0.29, 0.717) is 6.04 Å². The lowest BCUT2D eigenvalue weighted by Crippen LogP contribution is -2.39. The van der Waals surface area contributed by atoms with E-state index >= 15 is 0 Å². The van der Waals surface area contributed by atoms with Crippen LogP contribution in [0.5, 0.6) is 0 Å². The molecule has 21 heavy (non-hydrogen) atoms. The predicted octanol–water partition coefficient (Wildman–Crippen LogP) is 2.73. The minimum Gasteiger partial charge on any atom is -0.374 e. The Morgan fingerprint density at radius 3 is 2.71 bits per heavy atom. The van der Waals surface area contributed by atoms with Crippen molar-refractivity contribution in [1.82, 2.24) is 10.6 Å². The van der Waals surface area contributed by atoms with Crippen LogP contribution >= 0.6 is 0 Å². The van der Waals surface area contributed by atoms with Crippen molar-refractivity contribution in [2.45, 2.75) is 38.8 Å². The zero-order valence-electron chi connectivity index (χ0n) is 13.3. The third-order valence-electron chi connectivity index (χ3n) is 3.91. The Hall–Kier alpha value is -1.55. The Kier molecular flexibility index (Phi) is 6.05. The lowest BCUT2D eigenvalue weighted by Gasteiger charge is -2.14. The number of nitrogens with one attached hydrogen (secondary N) is 2. The Bertz CT molecular complexity index is 447. The summed E-state index contributed by atoms with van der Waals surface area (Å²) in [6, 6.07) is 10.9. The van der Waals surface area contributed by atoms with Gasteiger partial charge in [-0.2, -0.15) is 0 Å². The number of nitrogens with zero attached hydrogens (tertiary/aromatic N) is 1. The smallest absolute Gasteiger partial charge is 0.191 e. The minimum absolute atomic E-state index is 0.149. The maximum absolute atomic E-state index is 5.85. The van der Waals surface area contributed by atoms with Crippen molar-refractivity contribution in [3.05, 3.63) is 35.9 Å². The lowest BCUT2D eigenvalue weighted by molar-refractivity contribution is 0.0646. The SMILES string of the molecule is CN=C(NCCCOC(C)c1ccccc1)NC1CC1C. The van der Waals surface area contributed by atoms with Crippen LogP contribution in [0.3, 0.4) is 0 Å². The summed E-state index contributed by atoms with van der Waals surface area (Å²) in [6.07, 6.45) is 2.37. The van der Waals surface area contributed by atoms with E-state index in [-0.39, 0.29) is 6.10 Å². The molecule has 2 rings (SSSR count).